The molecule has 1 unspecified atom stereocenters. The monoisotopic (exact) mass is 711 g/mol. The van der Waals surface area contributed by atoms with E-state index in [1.165, 1.54) is 6.92 Å². The van der Waals surface area contributed by atoms with Crippen LogP contribution in [-0.4, -0.2) is 46.0 Å². The van der Waals surface area contributed by atoms with Crippen molar-refractivity contribution in [3.63, 3.8) is 0 Å². The third-order valence-corrected chi connectivity index (χ3v) is 9.94. The summed E-state index contributed by atoms with van der Waals surface area (Å²) in [4.78, 5) is 48.7. The first-order valence-electron chi connectivity index (χ1n) is 12.4. The Labute approximate surface area is 288 Å². The molecule has 0 bridgehead atoms. The number of rotatable bonds is 14. The van der Waals surface area contributed by atoms with E-state index in [4.69, 9.17) is 18.9 Å². The fourth-order valence-corrected chi connectivity index (χ4v) is 4.35. The number of ether oxygens (including phenoxy) is 4. The average molecular weight is 711 g/mol. The van der Waals surface area contributed by atoms with Crippen LogP contribution in [0.3, 0.4) is 0 Å². The van der Waals surface area contributed by atoms with Crippen molar-refractivity contribution in [1.82, 2.24) is 0 Å². The third kappa shape index (κ3) is 16.4. The largest absolute Gasteiger partial charge is 0.459 e. The minimum atomic E-state index is -2.96. The number of carbonyl (C=O) groups excluding carboxylic acids is 4. The lowest BCUT2D eigenvalue weighted by atomic mass is 9.66. The zero-order chi connectivity index (χ0) is 30.5. The highest BCUT2D eigenvalue weighted by Crippen LogP contribution is 2.54. The number of hydrogen-bond acceptors (Lipinski definition) is 9. The zero-order valence-corrected chi connectivity index (χ0v) is 26.9. The molecule has 0 spiro atoms. The molecule has 0 aromatic heterocycles. The second-order valence-electron chi connectivity index (χ2n) is 12.4. The summed E-state index contributed by atoms with van der Waals surface area (Å²) >= 11 is 0. The molecule has 0 saturated carbocycles. The maximum absolute atomic E-state index is 13.6. The smallest absolute Gasteiger partial charge is 0.372 e. The SMILES string of the molecule is C.C.C.C.C.C.C.C.CC(=O)OC(C)(C)C(C)(C)C(C)(C)OC(=O)CCCC(=O)OC(C)(C)C(C)(C)C(C)(C)OC(=O)P(F)P=O. The van der Waals surface area contributed by atoms with Gasteiger partial charge >= 0.3 is 23.6 Å². The standard InChI is InChI=1S/C26H45FO9P2.8CH4/c1-17(28)33-23(6,7)21(2,3)24(8,9)34-18(29)15-14-16-19(30)35-25(10,11)22(4,5)26(12,13)36-20(31)38(27)37-32;;;;;;;;/h14-16H2,1-13H3;8*1H4. The Hall–Kier alpha value is -1.66. The summed E-state index contributed by atoms with van der Waals surface area (Å²) in [6.45, 7) is 21.8. The molecule has 0 aliphatic rings. The van der Waals surface area contributed by atoms with Crippen molar-refractivity contribution in [3.05, 3.63) is 0 Å². The van der Waals surface area contributed by atoms with Crippen LogP contribution in [0.2, 0.25) is 0 Å². The van der Waals surface area contributed by atoms with Crippen LogP contribution in [0.25, 0.3) is 0 Å². The minimum Gasteiger partial charge on any atom is -0.459 e. The van der Waals surface area contributed by atoms with E-state index >= 15 is 0 Å². The Kier molecular flexibility index (Phi) is 34.3. The lowest BCUT2D eigenvalue weighted by Gasteiger charge is -2.50. The van der Waals surface area contributed by atoms with Gasteiger partial charge in [-0.05, 0) is 61.8 Å². The Morgan fingerprint density at radius 2 is 0.804 bits per heavy atom. The molecule has 0 rings (SSSR count). The van der Waals surface area contributed by atoms with Gasteiger partial charge in [0.15, 0.2) is 0 Å². The summed E-state index contributed by atoms with van der Waals surface area (Å²) in [6.07, 6.45) is 0.0670. The Balaban J connectivity index is -0.000000244. The van der Waals surface area contributed by atoms with E-state index in [0.29, 0.717) is 0 Å². The van der Waals surface area contributed by atoms with Crippen LogP contribution in [0.15, 0.2) is 0 Å². The first-order chi connectivity index (χ1) is 16.8. The highest BCUT2D eigenvalue weighted by Gasteiger charge is 2.54. The van der Waals surface area contributed by atoms with Crippen LogP contribution in [0.1, 0.15) is 169 Å². The van der Waals surface area contributed by atoms with Gasteiger partial charge in [0.25, 0.3) is 7.92 Å². The van der Waals surface area contributed by atoms with Crippen molar-refractivity contribution >= 4 is 39.7 Å². The third-order valence-electron chi connectivity index (χ3n) is 8.48. The molecule has 0 N–H and O–H groups in total. The van der Waals surface area contributed by atoms with Crippen molar-refractivity contribution in [3.8, 4) is 0 Å². The van der Waals surface area contributed by atoms with Crippen LogP contribution in [0, 0.1) is 10.8 Å². The van der Waals surface area contributed by atoms with Gasteiger partial charge < -0.3 is 18.9 Å². The molecule has 0 heterocycles. The molecular weight excluding hydrogens is 633 g/mol. The summed E-state index contributed by atoms with van der Waals surface area (Å²) in [7, 11) is -3.90. The predicted molar refractivity (Wildman–Crippen MR) is 198 cm³/mol. The average Bonchev–Trinajstić information content (AvgIpc) is 2.70. The first kappa shape index (κ1) is 66.7. The van der Waals surface area contributed by atoms with Gasteiger partial charge in [0.2, 0.25) is 8.15 Å². The summed E-state index contributed by atoms with van der Waals surface area (Å²) in [5, 5.41) is 0. The Morgan fingerprint density at radius 3 is 1.07 bits per heavy atom. The van der Waals surface area contributed by atoms with Crippen LogP contribution in [0.4, 0.5) is 8.99 Å². The van der Waals surface area contributed by atoms with E-state index in [2.05, 4.69) is 0 Å². The number of carbonyl (C=O) groups is 4. The molecule has 0 amide bonds. The topological polar surface area (TPSA) is 122 Å². The first-order valence-corrected chi connectivity index (χ1v) is 15.2. The molecule has 0 radical (unpaired) electrons. The molecular formula is C34H77FO9P2. The van der Waals surface area contributed by atoms with Crippen LogP contribution >= 0.6 is 16.1 Å². The highest BCUT2D eigenvalue weighted by atomic mass is 32.1. The normalized spacial score (nSPS) is 12.0. The van der Waals surface area contributed by atoms with E-state index in [1.807, 2.05) is 13.8 Å². The van der Waals surface area contributed by atoms with Gasteiger partial charge in [-0.1, -0.05) is 87.1 Å². The molecule has 0 aromatic rings. The molecule has 1 atom stereocenters. The molecule has 12 heteroatoms. The van der Waals surface area contributed by atoms with Gasteiger partial charge in [-0.3, -0.25) is 18.9 Å². The fourth-order valence-electron chi connectivity index (χ4n) is 3.66. The van der Waals surface area contributed by atoms with Gasteiger partial charge in [-0.2, -0.15) is 0 Å². The molecule has 0 saturated heterocycles. The Morgan fingerprint density at radius 1 is 0.543 bits per heavy atom. The maximum atomic E-state index is 13.6. The molecule has 0 aromatic carbocycles. The number of esters is 3. The fraction of sp³-hybridized carbons (Fsp3) is 0.882. The van der Waals surface area contributed by atoms with Gasteiger partial charge in [0.1, 0.15) is 22.4 Å². The summed E-state index contributed by atoms with van der Waals surface area (Å²) in [5.74, 6) is -1.52. The molecule has 0 aliphatic carbocycles. The molecule has 284 valence electrons. The zero-order valence-electron chi connectivity index (χ0n) is 25.1. The van der Waals surface area contributed by atoms with Gasteiger partial charge in [0, 0.05) is 30.6 Å². The summed E-state index contributed by atoms with van der Waals surface area (Å²) < 4.78 is 46.4. The van der Waals surface area contributed by atoms with E-state index in [9.17, 15) is 27.9 Å². The van der Waals surface area contributed by atoms with Crippen molar-refractivity contribution in [2.75, 3.05) is 0 Å². The van der Waals surface area contributed by atoms with E-state index in [0.717, 1.165) is 0 Å². The summed E-state index contributed by atoms with van der Waals surface area (Å²) in [5.41, 5.74) is -7.28. The summed E-state index contributed by atoms with van der Waals surface area (Å²) in [6, 6.07) is 0. The number of hydrogen-bond donors (Lipinski definition) is 0. The minimum absolute atomic E-state index is 0. The Bertz CT molecular complexity index is 912. The van der Waals surface area contributed by atoms with E-state index in [-0.39, 0.29) is 78.7 Å². The lowest BCUT2D eigenvalue weighted by Crippen LogP contribution is -2.56. The van der Waals surface area contributed by atoms with Gasteiger partial charge in [0.05, 0.1) is 0 Å². The molecule has 0 fully saturated rings. The van der Waals surface area contributed by atoms with E-state index < -0.39 is 72.9 Å². The van der Waals surface area contributed by atoms with Crippen LogP contribution in [-0.2, 0) is 37.9 Å². The van der Waals surface area contributed by atoms with E-state index in [1.54, 1.807) is 69.2 Å². The van der Waals surface area contributed by atoms with Gasteiger partial charge in [-0.25, -0.2) is 8.99 Å². The molecule has 9 nitrogen and oxygen atoms in total. The van der Waals surface area contributed by atoms with Crippen molar-refractivity contribution in [2.24, 2.45) is 10.8 Å². The second-order valence-corrected chi connectivity index (χ2v) is 15.0. The molecule has 0 aliphatic heterocycles. The van der Waals surface area contributed by atoms with Crippen molar-refractivity contribution in [1.29, 1.82) is 0 Å². The second kappa shape index (κ2) is 23.6. The predicted octanol–water partition coefficient (Wildman–Crippen LogP) is 12.8. The quantitative estimate of drug-likeness (QED) is 0.0984. The lowest BCUT2D eigenvalue weighted by molar-refractivity contribution is -0.204. The highest BCUT2D eigenvalue weighted by molar-refractivity contribution is 8.21. The van der Waals surface area contributed by atoms with Crippen molar-refractivity contribution in [2.45, 2.75) is 191 Å². The van der Waals surface area contributed by atoms with Gasteiger partial charge in [-0.15, -0.1) is 0 Å². The van der Waals surface area contributed by atoms with Crippen LogP contribution < -0.4 is 0 Å². The van der Waals surface area contributed by atoms with Crippen molar-refractivity contribution < 1.29 is 46.9 Å². The maximum Gasteiger partial charge on any atom is 0.372 e. The van der Waals surface area contributed by atoms with Crippen LogP contribution in [0.5, 0.6) is 0 Å². The number of halogens is 1. The molecule has 46 heavy (non-hydrogen) atoms.